The molecule has 0 amide bonds. The number of hydrogen-bond donors (Lipinski definition) is 2. The summed E-state index contributed by atoms with van der Waals surface area (Å²) in [7, 11) is 0. The number of fused-ring (bicyclic) bond motifs is 2. The molecular formula is C14H24N2O2. The first-order valence-electron chi connectivity index (χ1n) is 7.32. The molecule has 1 aliphatic heterocycles. The van der Waals surface area contributed by atoms with E-state index >= 15 is 0 Å². The van der Waals surface area contributed by atoms with E-state index in [-0.39, 0.29) is 0 Å². The number of likely N-dealkylation sites (tertiary alicyclic amines) is 1. The molecule has 4 heteroatoms. The molecule has 2 aliphatic carbocycles. The number of nitrogens with one attached hydrogen (secondary N) is 1. The monoisotopic (exact) mass is 252 g/mol. The van der Waals surface area contributed by atoms with Gasteiger partial charge in [-0.05, 0) is 51.4 Å². The maximum Gasteiger partial charge on any atom is 0.323 e. The van der Waals surface area contributed by atoms with Gasteiger partial charge in [0.05, 0.1) is 0 Å². The summed E-state index contributed by atoms with van der Waals surface area (Å²) in [5.74, 6) is 0.196. The van der Waals surface area contributed by atoms with Crippen LogP contribution in [0.3, 0.4) is 0 Å². The van der Waals surface area contributed by atoms with Gasteiger partial charge in [0.1, 0.15) is 5.54 Å². The fourth-order valence-corrected chi connectivity index (χ4v) is 3.59. The topological polar surface area (TPSA) is 52.6 Å². The molecule has 18 heavy (non-hydrogen) atoms. The molecule has 102 valence electrons. The number of piperidine rings is 1. The molecule has 1 heterocycles. The molecule has 3 fully saturated rings. The van der Waals surface area contributed by atoms with Crippen molar-refractivity contribution in [3.63, 3.8) is 0 Å². The van der Waals surface area contributed by atoms with Gasteiger partial charge in [-0.15, -0.1) is 0 Å². The van der Waals surface area contributed by atoms with E-state index < -0.39 is 11.5 Å². The van der Waals surface area contributed by atoms with Crippen molar-refractivity contribution in [3.8, 4) is 0 Å². The van der Waals surface area contributed by atoms with Crippen molar-refractivity contribution in [2.45, 2.75) is 63.1 Å². The summed E-state index contributed by atoms with van der Waals surface area (Å²) in [4.78, 5) is 14.0. The maximum absolute atomic E-state index is 11.5. The Morgan fingerprint density at radius 3 is 2.67 bits per heavy atom. The number of carboxylic acids is 1. The van der Waals surface area contributed by atoms with Gasteiger partial charge in [0.15, 0.2) is 0 Å². The summed E-state index contributed by atoms with van der Waals surface area (Å²) in [5, 5.41) is 12.7. The lowest BCUT2D eigenvalue weighted by Crippen LogP contribution is -2.52. The summed E-state index contributed by atoms with van der Waals surface area (Å²) in [6, 6.07) is 1.19. The summed E-state index contributed by atoms with van der Waals surface area (Å²) >= 11 is 0. The highest BCUT2D eigenvalue weighted by Crippen LogP contribution is 2.37. The highest BCUT2D eigenvalue weighted by Gasteiger charge is 2.41. The van der Waals surface area contributed by atoms with Crippen LogP contribution in [-0.4, -0.2) is 46.7 Å². The standard InChI is InChI=1S/C14H24N2O2/c1-14(13(17)18,15-11-3-4-11)6-7-16-9-10-2-5-12(16)8-10/h10-12,15H,2-9H2,1H3,(H,17,18). The molecule has 0 spiro atoms. The molecule has 3 unspecified atom stereocenters. The molecule has 2 saturated carbocycles. The van der Waals surface area contributed by atoms with Crippen LogP contribution in [0.5, 0.6) is 0 Å². The largest absolute Gasteiger partial charge is 0.480 e. The zero-order valence-corrected chi connectivity index (χ0v) is 11.2. The number of carbonyl (C=O) groups is 1. The molecule has 3 rings (SSSR count). The van der Waals surface area contributed by atoms with Crippen molar-refractivity contribution in [2.75, 3.05) is 13.1 Å². The number of carboxylic acid groups (broad SMARTS) is 1. The van der Waals surface area contributed by atoms with Crippen LogP contribution in [0.15, 0.2) is 0 Å². The zero-order chi connectivity index (χ0) is 12.8. The summed E-state index contributed by atoms with van der Waals surface area (Å²) in [6.45, 7) is 3.98. The molecule has 3 aliphatic rings. The van der Waals surface area contributed by atoms with Gasteiger partial charge in [-0.2, -0.15) is 0 Å². The molecule has 0 aromatic rings. The number of nitrogens with zero attached hydrogens (tertiary/aromatic N) is 1. The van der Waals surface area contributed by atoms with Gasteiger partial charge in [-0.25, -0.2) is 0 Å². The Hall–Kier alpha value is -0.610. The van der Waals surface area contributed by atoms with Crippen molar-refractivity contribution in [1.29, 1.82) is 0 Å². The van der Waals surface area contributed by atoms with E-state index in [0.29, 0.717) is 6.04 Å². The highest BCUT2D eigenvalue weighted by molar-refractivity contribution is 5.78. The first-order chi connectivity index (χ1) is 8.57. The van der Waals surface area contributed by atoms with Crippen LogP contribution >= 0.6 is 0 Å². The van der Waals surface area contributed by atoms with Crippen LogP contribution in [-0.2, 0) is 4.79 Å². The predicted octanol–water partition coefficient (Wildman–Crippen LogP) is 1.46. The Bertz CT molecular complexity index is 343. The van der Waals surface area contributed by atoms with Crippen molar-refractivity contribution in [1.82, 2.24) is 10.2 Å². The summed E-state index contributed by atoms with van der Waals surface area (Å²) in [6.07, 6.45) is 7.05. The van der Waals surface area contributed by atoms with Gasteiger partial charge < -0.3 is 10.0 Å². The zero-order valence-electron chi connectivity index (χ0n) is 11.2. The lowest BCUT2D eigenvalue weighted by Gasteiger charge is -2.32. The molecule has 0 radical (unpaired) electrons. The van der Waals surface area contributed by atoms with E-state index in [2.05, 4.69) is 10.2 Å². The molecule has 0 aromatic heterocycles. The van der Waals surface area contributed by atoms with Crippen LogP contribution < -0.4 is 5.32 Å². The quantitative estimate of drug-likeness (QED) is 0.751. The predicted molar refractivity (Wildman–Crippen MR) is 69.5 cm³/mol. The lowest BCUT2D eigenvalue weighted by molar-refractivity contribution is -0.144. The lowest BCUT2D eigenvalue weighted by atomic mass is 9.96. The third-order valence-corrected chi connectivity index (χ3v) is 4.99. The minimum absolute atomic E-state index is 0.445. The minimum Gasteiger partial charge on any atom is -0.480 e. The van der Waals surface area contributed by atoms with Crippen LogP contribution in [0.1, 0.15) is 45.4 Å². The molecule has 4 nitrogen and oxygen atoms in total. The van der Waals surface area contributed by atoms with Gasteiger partial charge in [-0.3, -0.25) is 10.1 Å². The normalized spacial score (nSPS) is 34.7. The van der Waals surface area contributed by atoms with E-state index in [9.17, 15) is 9.90 Å². The smallest absolute Gasteiger partial charge is 0.323 e. The Morgan fingerprint density at radius 1 is 1.39 bits per heavy atom. The third-order valence-electron chi connectivity index (χ3n) is 4.99. The molecule has 3 atom stereocenters. The van der Waals surface area contributed by atoms with E-state index in [1.165, 1.54) is 25.8 Å². The Morgan fingerprint density at radius 2 is 2.17 bits per heavy atom. The number of aliphatic carboxylic acids is 1. The van der Waals surface area contributed by atoms with Gasteiger partial charge >= 0.3 is 5.97 Å². The molecule has 2 bridgehead atoms. The number of hydrogen-bond acceptors (Lipinski definition) is 3. The van der Waals surface area contributed by atoms with Crippen molar-refractivity contribution in [2.24, 2.45) is 5.92 Å². The SMILES string of the molecule is CC(CCN1CC2CCC1C2)(NC1CC1)C(=O)O. The van der Waals surface area contributed by atoms with Crippen molar-refractivity contribution >= 4 is 5.97 Å². The van der Waals surface area contributed by atoms with Crippen LogP contribution in [0.4, 0.5) is 0 Å². The van der Waals surface area contributed by atoms with Gasteiger partial charge in [0.25, 0.3) is 0 Å². The second-order valence-corrected chi connectivity index (χ2v) is 6.63. The first kappa shape index (κ1) is 12.4. The first-order valence-corrected chi connectivity index (χ1v) is 7.32. The summed E-state index contributed by atoms with van der Waals surface area (Å²) in [5.41, 5.74) is -0.733. The van der Waals surface area contributed by atoms with Gasteiger partial charge in [0.2, 0.25) is 0 Å². The van der Waals surface area contributed by atoms with Crippen molar-refractivity contribution < 1.29 is 9.90 Å². The van der Waals surface area contributed by atoms with Crippen molar-refractivity contribution in [3.05, 3.63) is 0 Å². The Labute approximate surface area is 109 Å². The number of rotatable bonds is 6. The van der Waals surface area contributed by atoms with Crippen LogP contribution in [0.2, 0.25) is 0 Å². The molecule has 0 aromatic carbocycles. The maximum atomic E-state index is 11.5. The fraction of sp³-hybridized carbons (Fsp3) is 0.929. The second kappa shape index (κ2) is 4.49. The average molecular weight is 252 g/mol. The minimum atomic E-state index is -0.733. The Kier molecular flexibility index (Phi) is 3.10. The van der Waals surface area contributed by atoms with Crippen LogP contribution in [0, 0.1) is 5.92 Å². The Balaban J connectivity index is 1.54. The van der Waals surface area contributed by atoms with Crippen LogP contribution in [0.25, 0.3) is 0 Å². The third kappa shape index (κ3) is 2.41. The second-order valence-electron chi connectivity index (χ2n) is 6.63. The van der Waals surface area contributed by atoms with E-state index in [1.54, 1.807) is 0 Å². The van der Waals surface area contributed by atoms with E-state index in [0.717, 1.165) is 37.8 Å². The molecule has 1 saturated heterocycles. The summed E-state index contributed by atoms with van der Waals surface area (Å²) < 4.78 is 0. The van der Waals surface area contributed by atoms with E-state index in [4.69, 9.17) is 0 Å². The fourth-order valence-electron chi connectivity index (χ4n) is 3.59. The molecular weight excluding hydrogens is 228 g/mol. The highest BCUT2D eigenvalue weighted by atomic mass is 16.4. The van der Waals surface area contributed by atoms with Gasteiger partial charge in [0, 0.05) is 25.2 Å². The average Bonchev–Trinajstić information content (AvgIpc) is 2.90. The molecule has 2 N–H and O–H groups in total. The van der Waals surface area contributed by atoms with Gasteiger partial charge in [-0.1, -0.05) is 0 Å². The van der Waals surface area contributed by atoms with E-state index in [1.807, 2.05) is 6.92 Å².